The van der Waals surface area contributed by atoms with Gasteiger partial charge in [-0.3, -0.25) is 14.9 Å². The quantitative estimate of drug-likeness (QED) is 0.493. The lowest BCUT2D eigenvalue weighted by molar-refractivity contribution is -0.384. The van der Waals surface area contributed by atoms with Gasteiger partial charge in [-0.25, -0.2) is 4.79 Å². The van der Waals surface area contributed by atoms with E-state index in [9.17, 15) is 24.8 Å². The minimum absolute atomic E-state index is 0.0434. The van der Waals surface area contributed by atoms with Gasteiger partial charge in [0, 0.05) is 17.8 Å². The number of nitrogens with one attached hydrogen (secondary N) is 1. The second-order valence-electron chi connectivity index (χ2n) is 4.95. The van der Waals surface area contributed by atoms with E-state index in [4.69, 9.17) is 4.74 Å². The average Bonchev–Trinajstić information content (AvgIpc) is 2.55. The molecule has 0 fully saturated rings. The summed E-state index contributed by atoms with van der Waals surface area (Å²) < 4.78 is 4.83. The fourth-order valence-corrected chi connectivity index (χ4v) is 1.92. The van der Waals surface area contributed by atoms with Crippen molar-refractivity contribution in [3.63, 3.8) is 0 Å². The first-order valence-electron chi connectivity index (χ1n) is 6.88. The smallest absolute Gasteiger partial charge is 0.342 e. The highest BCUT2D eigenvalue weighted by Crippen LogP contribution is 2.19. The first-order valence-corrected chi connectivity index (χ1v) is 6.88. The van der Waals surface area contributed by atoms with Gasteiger partial charge in [0.2, 0.25) is 0 Å². The molecule has 2 aromatic carbocycles. The Hall–Kier alpha value is -3.42. The zero-order chi connectivity index (χ0) is 17.7. The highest BCUT2D eigenvalue weighted by molar-refractivity contribution is 5.96. The molecule has 2 aromatic rings. The van der Waals surface area contributed by atoms with Crippen molar-refractivity contribution < 1.29 is 24.4 Å². The normalized spacial score (nSPS) is 10.0. The Balaban J connectivity index is 1.96. The summed E-state index contributed by atoms with van der Waals surface area (Å²) in [5.74, 6) is -1.74. The standard InChI is InChI=1S/C16H14N2O6/c1-10-5-6-14(19)13(7-10)16(21)24-9-15(20)17-11-3-2-4-12(8-11)18(22)23/h2-8,19H,9H2,1H3,(H,17,20). The van der Waals surface area contributed by atoms with Gasteiger partial charge in [-0.15, -0.1) is 0 Å². The maximum atomic E-state index is 11.9. The van der Waals surface area contributed by atoms with Crippen LogP contribution in [-0.2, 0) is 9.53 Å². The monoisotopic (exact) mass is 330 g/mol. The van der Waals surface area contributed by atoms with Gasteiger partial charge in [-0.1, -0.05) is 17.7 Å². The number of hydrogen-bond acceptors (Lipinski definition) is 6. The molecule has 0 unspecified atom stereocenters. The third kappa shape index (κ3) is 4.29. The Kier molecular flexibility index (Phi) is 5.10. The maximum Gasteiger partial charge on any atom is 0.342 e. The van der Waals surface area contributed by atoms with Crippen LogP contribution < -0.4 is 5.32 Å². The molecule has 0 saturated carbocycles. The van der Waals surface area contributed by atoms with E-state index < -0.39 is 23.4 Å². The van der Waals surface area contributed by atoms with Crippen molar-refractivity contribution >= 4 is 23.3 Å². The molecule has 8 nitrogen and oxygen atoms in total. The Bertz CT molecular complexity index is 803. The van der Waals surface area contributed by atoms with Crippen molar-refractivity contribution in [3.05, 3.63) is 63.7 Å². The van der Waals surface area contributed by atoms with Crippen LogP contribution in [0.3, 0.4) is 0 Å². The largest absolute Gasteiger partial charge is 0.507 e. The Labute approximate surface area is 136 Å². The maximum absolute atomic E-state index is 11.9. The van der Waals surface area contributed by atoms with Gasteiger partial charge >= 0.3 is 5.97 Å². The van der Waals surface area contributed by atoms with Gasteiger partial charge in [0.15, 0.2) is 6.61 Å². The molecule has 0 spiro atoms. The number of esters is 1. The summed E-state index contributed by atoms with van der Waals surface area (Å²) in [7, 11) is 0. The molecule has 0 atom stereocenters. The number of nitro benzene ring substituents is 1. The number of carbonyl (C=O) groups is 2. The lowest BCUT2D eigenvalue weighted by atomic mass is 10.1. The molecule has 0 aromatic heterocycles. The number of anilines is 1. The number of phenolic OH excluding ortho intramolecular Hbond substituents is 1. The zero-order valence-corrected chi connectivity index (χ0v) is 12.7. The van der Waals surface area contributed by atoms with E-state index in [1.54, 1.807) is 13.0 Å². The number of amides is 1. The van der Waals surface area contributed by atoms with Crippen molar-refractivity contribution in [2.24, 2.45) is 0 Å². The van der Waals surface area contributed by atoms with E-state index in [2.05, 4.69) is 5.32 Å². The molecule has 0 aliphatic carbocycles. The van der Waals surface area contributed by atoms with Crippen molar-refractivity contribution in [3.8, 4) is 5.75 Å². The fourth-order valence-electron chi connectivity index (χ4n) is 1.92. The molecule has 0 heterocycles. The van der Waals surface area contributed by atoms with Crippen molar-refractivity contribution in [1.82, 2.24) is 0 Å². The number of aromatic hydroxyl groups is 1. The van der Waals surface area contributed by atoms with E-state index in [1.807, 2.05) is 0 Å². The number of nitro groups is 1. The molecule has 0 aliphatic rings. The Morgan fingerprint density at radius 2 is 2.00 bits per heavy atom. The summed E-state index contributed by atoms with van der Waals surface area (Å²) in [6.45, 7) is 1.15. The van der Waals surface area contributed by atoms with Gasteiger partial charge in [-0.2, -0.15) is 0 Å². The molecule has 2 N–H and O–H groups in total. The van der Waals surface area contributed by atoms with Crippen molar-refractivity contribution in [2.75, 3.05) is 11.9 Å². The highest BCUT2D eigenvalue weighted by atomic mass is 16.6. The van der Waals surface area contributed by atoms with Crippen LogP contribution in [0.5, 0.6) is 5.75 Å². The average molecular weight is 330 g/mol. The van der Waals surface area contributed by atoms with Crippen LogP contribution in [0, 0.1) is 17.0 Å². The molecule has 0 saturated heterocycles. The van der Waals surface area contributed by atoms with Crippen LogP contribution in [-0.4, -0.2) is 28.5 Å². The third-order valence-corrected chi connectivity index (χ3v) is 3.05. The van der Waals surface area contributed by atoms with Crippen molar-refractivity contribution in [2.45, 2.75) is 6.92 Å². The van der Waals surface area contributed by atoms with Gasteiger partial charge in [0.05, 0.1) is 4.92 Å². The minimum Gasteiger partial charge on any atom is -0.507 e. The van der Waals surface area contributed by atoms with E-state index in [-0.39, 0.29) is 22.7 Å². The van der Waals surface area contributed by atoms with Gasteiger partial charge in [0.1, 0.15) is 11.3 Å². The topological polar surface area (TPSA) is 119 Å². The molecule has 8 heteroatoms. The fraction of sp³-hybridized carbons (Fsp3) is 0.125. The number of nitrogens with zero attached hydrogens (tertiary/aromatic N) is 1. The number of benzene rings is 2. The van der Waals surface area contributed by atoms with Crippen LogP contribution in [0.4, 0.5) is 11.4 Å². The molecule has 0 aliphatic heterocycles. The molecule has 1 amide bonds. The van der Waals surface area contributed by atoms with Crippen LogP contribution >= 0.6 is 0 Å². The summed E-state index contributed by atoms with van der Waals surface area (Å²) in [5.41, 5.74) is 0.747. The third-order valence-electron chi connectivity index (χ3n) is 3.05. The first-order chi connectivity index (χ1) is 11.4. The second-order valence-corrected chi connectivity index (χ2v) is 4.95. The summed E-state index contributed by atoms with van der Waals surface area (Å²) in [6.07, 6.45) is 0. The van der Waals surface area contributed by atoms with E-state index in [0.717, 1.165) is 5.56 Å². The summed E-state index contributed by atoms with van der Waals surface area (Å²) in [5, 5.41) is 22.7. The highest BCUT2D eigenvalue weighted by Gasteiger charge is 2.15. The Morgan fingerprint density at radius 3 is 2.71 bits per heavy atom. The number of rotatable bonds is 5. The van der Waals surface area contributed by atoms with E-state index >= 15 is 0 Å². The number of carbonyl (C=O) groups excluding carboxylic acids is 2. The molecule has 124 valence electrons. The minimum atomic E-state index is -0.842. The van der Waals surface area contributed by atoms with Crippen molar-refractivity contribution in [1.29, 1.82) is 0 Å². The van der Waals surface area contributed by atoms with Crippen LogP contribution in [0.1, 0.15) is 15.9 Å². The predicted octanol–water partition coefficient (Wildman–Crippen LogP) is 2.40. The molecular weight excluding hydrogens is 316 g/mol. The SMILES string of the molecule is Cc1ccc(O)c(C(=O)OCC(=O)Nc2cccc([N+](=O)[O-])c2)c1. The van der Waals surface area contributed by atoms with Gasteiger partial charge in [0.25, 0.3) is 11.6 Å². The number of aryl methyl sites for hydroxylation is 1. The zero-order valence-electron chi connectivity index (χ0n) is 12.7. The molecule has 0 bridgehead atoms. The van der Waals surface area contributed by atoms with E-state index in [0.29, 0.717) is 0 Å². The second kappa shape index (κ2) is 7.23. The van der Waals surface area contributed by atoms with Crippen LogP contribution in [0.25, 0.3) is 0 Å². The lowest BCUT2D eigenvalue weighted by Gasteiger charge is -2.08. The molecule has 24 heavy (non-hydrogen) atoms. The number of phenols is 1. The molecular formula is C16H14N2O6. The van der Waals surface area contributed by atoms with Crippen LogP contribution in [0.15, 0.2) is 42.5 Å². The number of ether oxygens (including phenoxy) is 1. The summed E-state index contributed by atoms with van der Waals surface area (Å²) >= 11 is 0. The Morgan fingerprint density at radius 1 is 1.25 bits per heavy atom. The summed E-state index contributed by atoms with van der Waals surface area (Å²) in [4.78, 5) is 33.7. The van der Waals surface area contributed by atoms with Gasteiger partial charge in [-0.05, 0) is 25.1 Å². The van der Waals surface area contributed by atoms with Gasteiger partial charge < -0.3 is 15.2 Å². The molecule has 0 radical (unpaired) electrons. The molecule has 2 rings (SSSR count). The summed E-state index contributed by atoms with van der Waals surface area (Å²) in [6, 6.07) is 9.79. The van der Waals surface area contributed by atoms with Crippen LogP contribution in [0.2, 0.25) is 0 Å². The van der Waals surface area contributed by atoms with E-state index in [1.165, 1.54) is 36.4 Å². The predicted molar refractivity (Wildman–Crippen MR) is 84.9 cm³/mol. The first kappa shape index (κ1) is 16.9. The lowest BCUT2D eigenvalue weighted by Crippen LogP contribution is -2.21. The number of hydrogen-bond donors (Lipinski definition) is 2. The number of non-ortho nitro benzene ring substituents is 1.